The fourth-order valence-corrected chi connectivity index (χ4v) is 4.01. The number of nitrogens with zero attached hydrogens (tertiary/aromatic N) is 1. The summed E-state index contributed by atoms with van der Waals surface area (Å²) in [5.74, 6) is 0.194. The summed E-state index contributed by atoms with van der Waals surface area (Å²) in [4.78, 5) is 28.3. The first-order chi connectivity index (χ1) is 12.1. The van der Waals surface area contributed by atoms with Crippen molar-refractivity contribution in [3.05, 3.63) is 62.2 Å². The second-order valence-electron chi connectivity index (χ2n) is 6.89. The largest absolute Gasteiger partial charge is 0.484 e. The lowest BCUT2D eigenvalue weighted by Gasteiger charge is -2.23. The molecular formula is C19H21FN2O3. The maximum atomic E-state index is 13.0. The van der Waals surface area contributed by atoms with E-state index in [2.05, 4.69) is 4.98 Å². The number of aromatic amines is 1. The lowest BCUT2D eigenvalue weighted by Crippen LogP contribution is -2.41. The van der Waals surface area contributed by atoms with Crippen LogP contribution in [0.5, 0.6) is 5.75 Å². The van der Waals surface area contributed by atoms with Crippen LogP contribution in [0, 0.1) is 5.82 Å². The number of halogens is 1. The van der Waals surface area contributed by atoms with E-state index in [0.29, 0.717) is 29.8 Å². The fourth-order valence-electron chi connectivity index (χ4n) is 4.01. The molecule has 0 unspecified atom stereocenters. The molecule has 0 amide bonds. The van der Waals surface area contributed by atoms with Crippen molar-refractivity contribution in [2.24, 2.45) is 0 Å². The number of ether oxygens (including phenoxy) is 1. The molecule has 2 aliphatic carbocycles. The Labute approximate surface area is 144 Å². The molecule has 2 aromatic rings. The average Bonchev–Trinajstić information content (AvgIpc) is 3.01. The monoisotopic (exact) mass is 344 g/mol. The van der Waals surface area contributed by atoms with E-state index in [1.54, 1.807) is 12.1 Å². The standard InChI is InChI=1S/C19H21FN2O3/c20-12-6-8-14(9-7-12)25-16-11-10-15-17(16)21-19(24)22(18(15)23)13-4-2-1-3-5-13/h6-9,13,16H,1-5,10-11H2,(H,21,24)/t16-/m0/s1. The third kappa shape index (κ3) is 3.01. The van der Waals surface area contributed by atoms with Crippen molar-refractivity contribution in [1.82, 2.24) is 9.55 Å². The zero-order chi connectivity index (χ0) is 17.4. The second kappa shape index (κ2) is 6.50. The van der Waals surface area contributed by atoms with Gasteiger partial charge in [-0.25, -0.2) is 9.18 Å². The molecule has 0 bridgehead atoms. The van der Waals surface area contributed by atoms with E-state index in [9.17, 15) is 14.0 Å². The fraction of sp³-hybridized carbons (Fsp3) is 0.474. The van der Waals surface area contributed by atoms with Gasteiger partial charge in [0.25, 0.3) is 5.56 Å². The van der Waals surface area contributed by atoms with Crippen LogP contribution < -0.4 is 16.0 Å². The molecule has 6 heteroatoms. The Bertz CT molecular complexity index is 879. The smallest absolute Gasteiger partial charge is 0.328 e. The molecule has 2 aliphatic rings. The van der Waals surface area contributed by atoms with Gasteiger partial charge in [-0.2, -0.15) is 0 Å². The summed E-state index contributed by atoms with van der Waals surface area (Å²) >= 11 is 0. The van der Waals surface area contributed by atoms with Crippen molar-refractivity contribution in [3.8, 4) is 5.75 Å². The predicted octanol–water partition coefficient (Wildman–Crippen LogP) is 3.25. The number of rotatable bonds is 3. The third-order valence-corrected chi connectivity index (χ3v) is 5.27. The van der Waals surface area contributed by atoms with Gasteiger partial charge in [-0.05, 0) is 49.9 Å². The molecule has 5 nitrogen and oxygen atoms in total. The maximum Gasteiger partial charge on any atom is 0.328 e. The maximum absolute atomic E-state index is 13.0. The molecule has 0 spiro atoms. The Balaban J connectivity index is 1.65. The number of aromatic nitrogens is 2. The highest BCUT2D eigenvalue weighted by Gasteiger charge is 2.31. The molecule has 1 saturated carbocycles. The molecule has 4 rings (SSSR count). The lowest BCUT2D eigenvalue weighted by molar-refractivity contribution is 0.202. The number of nitrogens with one attached hydrogen (secondary N) is 1. The Kier molecular flexibility index (Phi) is 4.19. The summed E-state index contributed by atoms with van der Waals surface area (Å²) < 4.78 is 20.3. The first-order valence-electron chi connectivity index (χ1n) is 8.93. The molecule has 0 saturated heterocycles. The van der Waals surface area contributed by atoms with Crippen LogP contribution in [0.2, 0.25) is 0 Å². The van der Waals surface area contributed by atoms with Gasteiger partial charge in [-0.1, -0.05) is 19.3 Å². The zero-order valence-corrected chi connectivity index (χ0v) is 14.0. The number of fused-ring (bicyclic) bond motifs is 1. The predicted molar refractivity (Wildman–Crippen MR) is 91.5 cm³/mol. The van der Waals surface area contributed by atoms with Crippen LogP contribution >= 0.6 is 0 Å². The highest BCUT2D eigenvalue weighted by Crippen LogP contribution is 2.32. The van der Waals surface area contributed by atoms with Gasteiger partial charge in [-0.3, -0.25) is 9.36 Å². The van der Waals surface area contributed by atoms with Crippen molar-refractivity contribution < 1.29 is 9.13 Å². The molecule has 1 heterocycles. The van der Waals surface area contributed by atoms with E-state index in [4.69, 9.17) is 4.74 Å². The molecule has 132 valence electrons. The number of hydrogen-bond acceptors (Lipinski definition) is 3. The molecule has 1 atom stereocenters. The highest BCUT2D eigenvalue weighted by atomic mass is 19.1. The Morgan fingerprint density at radius 3 is 2.48 bits per heavy atom. The van der Waals surface area contributed by atoms with E-state index < -0.39 is 0 Å². The molecule has 25 heavy (non-hydrogen) atoms. The van der Waals surface area contributed by atoms with Crippen LogP contribution in [0.1, 0.15) is 61.9 Å². The quantitative estimate of drug-likeness (QED) is 0.930. The Hall–Kier alpha value is -2.37. The van der Waals surface area contributed by atoms with Gasteiger partial charge >= 0.3 is 5.69 Å². The molecule has 1 aromatic carbocycles. The van der Waals surface area contributed by atoms with Crippen LogP contribution in [0.3, 0.4) is 0 Å². The minimum atomic E-state index is -0.373. The van der Waals surface area contributed by atoms with Crippen LogP contribution in [0.15, 0.2) is 33.9 Å². The van der Waals surface area contributed by atoms with E-state index in [-0.39, 0.29) is 29.2 Å². The van der Waals surface area contributed by atoms with Crippen molar-refractivity contribution in [3.63, 3.8) is 0 Å². The summed E-state index contributed by atoms with van der Waals surface area (Å²) in [6.07, 6.45) is 5.90. The molecule has 1 N–H and O–H groups in total. The summed E-state index contributed by atoms with van der Waals surface area (Å²) in [6, 6.07) is 5.76. The van der Waals surface area contributed by atoms with E-state index in [0.717, 1.165) is 25.7 Å². The van der Waals surface area contributed by atoms with Gasteiger partial charge < -0.3 is 9.72 Å². The van der Waals surface area contributed by atoms with Crippen LogP contribution in [0.4, 0.5) is 4.39 Å². The van der Waals surface area contributed by atoms with Crippen LogP contribution in [0.25, 0.3) is 0 Å². The zero-order valence-electron chi connectivity index (χ0n) is 14.0. The van der Waals surface area contributed by atoms with Gasteiger partial charge in [0.2, 0.25) is 0 Å². The third-order valence-electron chi connectivity index (χ3n) is 5.27. The van der Waals surface area contributed by atoms with Crippen molar-refractivity contribution in [2.75, 3.05) is 0 Å². The van der Waals surface area contributed by atoms with E-state index in [1.165, 1.54) is 23.1 Å². The lowest BCUT2D eigenvalue weighted by atomic mass is 9.95. The van der Waals surface area contributed by atoms with E-state index >= 15 is 0 Å². The molecular weight excluding hydrogens is 323 g/mol. The van der Waals surface area contributed by atoms with Gasteiger partial charge in [-0.15, -0.1) is 0 Å². The van der Waals surface area contributed by atoms with Gasteiger partial charge in [0, 0.05) is 11.6 Å². The van der Waals surface area contributed by atoms with E-state index in [1.807, 2.05) is 0 Å². The Morgan fingerprint density at radius 1 is 1.04 bits per heavy atom. The normalized spacial score (nSPS) is 20.4. The topological polar surface area (TPSA) is 64.1 Å². The first-order valence-corrected chi connectivity index (χ1v) is 8.93. The van der Waals surface area contributed by atoms with Crippen LogP contribution in [-0.4, -0.2) is 9.55 Å². The second-order valence-corrected chi connectivity index (χ2v) is 6.89. The minimum absolute atomic E-state index is 0.00682. The summed E-state index contributed by atoms with van der Waals surface area (Å²) in [6.45, 7) is 0. The van der Waals surface area contributed by atoms with Gasteiger partial charge in [0.1, 0.15) is 17.7 Å². The summed E-state index contributed by atoms with van der Waals surface area (Å²) in [5.41, 5.74) is 0.713. The molecule has 0 aliphatic heterocycles. The average molecular weight is 344 g/mol. The summed E-state index contributed by atoms with van der Waals surface area (Å²) in [5, 5.41) is 0. The van der Waals surface area contributed by atoms with Crippen LogP contribution in [-0.2, 0) is 6.42 Å². The SMILES string of the molecule is O=c1[nH]c2c(c(=O)n1C1CCCCC1)CC[C@@H]2Oc1ccc(F)cc1. The van der Waals surface area contributed by atoms with Gasteiger partial charge in [0.15, 0.2) is 0 Å². The number of hydrogen-bond donors (Lipinski definition) is 1. The van der Waals surface area contributed by atoms with Crippen molar-refractivity contribution in [1.29, 1.82) is 0 Å². The number of benzene rings is 1. The van der Waals surface area contributed by atoms with Gasteiger partial charge in [0.05, 0.1) is 5.69 Å². The molecule has 1 aromatic heterocycles. The Morgan fingerprint density at radius 2 is 1.76 bits per heavy atom. The number of H-pyrrole nitrogens is 1. The molecule has 0 radical (unpaired) electrons. The van der Waals surface area contributed by atoms with Crippen molar-refractivity contribution >= 4 is 0 Å². The summed E-state index contributed by atoms with van der Waals surface area (Å²) in [7, 11) is 0. The minimum Gasteiger partial charge on any atom is -0.484 e. The highest BCUT2D eigenvalue weighted by molar-refractivity contribution is 5.28. The first kappa shape index (κ1) is 16.1. The molecule has 1 fully saturated rings. The van der Waals surface area contributed by atoms with Crippen molar-refractivity contribution in [2.45, 2.75) is 57.1 Å².